The highest BCUT2D eigenvalue weighted by molar-refractivity contribution is 5.94. The summed E-state index contributed by atoms with van der Waals surface area (Å²) in [7, 11) is 0. The lowest BCUT2D eigenvalue weighted by Gasteiger charge is -2.16. The molecule has 1 heterocycles. The van der Waals surface area contributed by atoms with Crippen molar-refractivity contribution in [3.05, 3.63) is 41.7 Å². The van der Waals surface area contributed by atoms with Gasteiger partial charge in [0.25, 0.3) is 5.91 Å². The van der Waals surface area contributed by atoms with Gasteiger partial charge < -0.3 is 10.4 Å². The molecule has 0 saturated heterocycles. The minimum Gasteiger partial charge on any atom is -0.480 e. The fourth-order valence-corrected chi connectivity index (χ4v) is 2.05. The molecule has 1 atom stereocenters. The second-order valence-corrected chi connectivity index (χ2v) is 5.63. The Balaban J connectivity index is 2.23. The first-order valence-electron chi connectivity index (χ1n) is 7.23. The van der Waals surface area contributed by atoms with Crippen LogP contribution in [0.1, 0.15) is 29.9 Å². The van der Waals surface area contributed by atoms with Crippen LogP contribution in [-0.2, 0) is 11.0 Å². The van der Waals surface area contributed by atoms with Crippen LogP contribution >= 0.6 is 0 Å². The van der Waals surface area contributed by atoms with E-state index in [1.54, 1.807) is 13.8 Å². The van der Waals surface area contributed by atoms with Gasteiger partial charge in [-0.3, -0.25) is 4.79 Å². The highest BCUT2D eigenvalue weighted by atomic mass is 19.4. The second kappa shape index (κ2) is 6.91. The highest BCUT2D eigenvalue weighted by Crippen LogP contribution is 2.30. The summed E-state index contributed by atoms with van der Waals surface area (Å²) in [6, 6.07) is 3.24. The molecule has 0 bridgehead atoms. The van der Waals surface area contributed by atoms with Gasteiger partial charge >= 0.3 is 12.1 Å². The van der Waals surface area contributed by atoms with Crippen LogP contribution in [0.4, 0.5) is 13.2 Å². The van der Waals surface area contributed by atoms with Crippen LogP contribution in [0.25, 0.3) is 5.69 Å². The lowest BCUT2D eigenvalue weighted by Crippen LogP contribution is -2.44. The van der Waals surface area contributed by atoms with Crippen LogP contribution < -0.4 is 5.32 Å². The lowest BCUT2D eigenvalue weighted by atomic mass is 10.0. The van der Waals surface area contributed by atoms with Crippen molar-refractivity contribution in [1.82, 2.24) is 20.3 Å². The van der Waals surface area contributed by atoms with E-state index >= 15 is 0 Å². The van der Waals surface area contributed by atoms with Crippen LogP contribution in [0.5, 0.6) is 0 Å². The monoisotopic (exact) mass is 356 g/mol. The van der Waals surface area contributed by atoms with Gasteiger partial charge in [0.2, 0.25) is 0 Å². The molecule has 0 spiro atoms. The van der Waals surface area contributed by atoms with Crippen LogP contribution in [0, 0.1) is 5.92 Å². The molecule has 1 amide bonds. The van der Waals surface area contributed by atoms with E-state index in [0.29, 0.717) is 0 Å². The molecule has 2 rings (SSSR count). The van der Waals surface area contributed by atoms with E-state index in [1.165, 1.54) is 12.1 Å². The van der Waals surface area contributed by atoms with Gasteiger partial charge in [-0.25, -0.2) is 9.48 Å². The zero-order valence-electron chi connectivity index (χ0n) is 13.3. The summed E-state index contributed by atoms with van der Waals surface area (Å²) in [6.07, 6.45) is -3.38. The smallest absolute Gasteiger partial charge is 0.416 e. The van der Waals surface area contributed by atoms with Gasteiger partial charge in [0.1, 0.15) is 6.04 Å². The Morgan fingerprint density at radius 2 is 1.96 bits per heavy atom. The molecule has 2 N–H and O–H groups in total. The SMILES string of the molecule is CC(C)[C@@H](NC(=O)c1cn(-c2cccc(C(F)(F)F)c2)nn1)C(=O)O. The first-order valence-corrected chi connectivity index (χ1v) is 7.23. The van der Waals surface area contributed by atoms with E-state index in [4.69, 9.17) is 5.11 Å². The van der Waals surface area contributed by atoms with Gasteiger partial charge in [-0.15, -0.1) is 5.10 Å². The number of carboxylic acid groups (broad SMARTS) is 1. The van der Waals surface area contributed by atoms with Crippen LogP contribution in [0.2, 0.25) is 0 Å². The van der Waals surface area contributed by atoms with E-state index in [2.05, 4.69) is 15.6 Å². The molecule has 7 nitrogen and oxygen atoms in total. The van der Waals surface area contributed by atoms with Crippen molar-refractivity contribution >= 4 is 11.9 Å². The van der Waals surface area contributed by atoms with E-state index in [9.17, 15) is 22.8 Å². The van der Waals surface area contributed by atoms with Gasteiger partial charge in [0.05, 0.1) is 17.4 Å². The Kier molecular flexibility index (Phi) is 5.10. The number of carboxylic acids is 1. The summed E-state index contributed by atoms with van der Waals surface area (Å²) in [5, 5.41) is 18.6. The normalized spacial score (nSPS) is 12.9. The minimum atomic E-state index is -4.51. The quantitative estimate of drug-likeness (QED) is 0.855. The lowest BCUT2D eigenvalue weighted by molar-refractivity contribution is -0.140. The van der Waals surface area contributed by atoms with Gasteiger partial charge in [-0.2, -0.15) is 13.2 Å². The molecule has 0 aliphatic rings. The standard InChI is InChI=1S/C15H15F3N4O3/c1-8(2)12(14(24)25)19-13(23)11-7-22(21-20-11)10-5-3-4-9(6-10)15(16,17)18/h3-8,12H,1-2H3,(H,19,23)(H,24,25)/t12-/m1/s1. The first-order chi connectivity index (χ1) is 11.6. The topological polar surface area (TPSA) is 97.1 Å². The van der Waals surface area contributed by atoms with Crippen LogP contribution in [0.15, 0.2) is 30.5 Å². The summed E-state index contributed by atoms with van der Waals surface area (Å²) in [6.45, 7) is 3.25. The second-order valence-electron chi connectivity index (χ2n) is 5.63. The third kappa shape index (κ3) is 4.34. The van der Waals surface area contributed by atoms with Crippen molar-refractivity contribution in [2.45, 2.75) is 26.1 Å². The number of rotatable bonds is 5. The minimum absolute atomic E-state index is 0.0695. The number of halogens is 3. The van der Waals surface area contributed by atoms with Crippen molar-refractivity contribution in [3.8, 4) is 5.69 Å². The number of hydrogen-bond donors (Lipinski definition) is 2. The third-order valence-electron chi connectivity index (χ3n) is 3.38. The summed E-state index contributed by atoms with van der Waals surface area (Å²) in [5.41, 5.74) is -0.999. The third-order valence-corrected chi connectivity index (χ3v) is 3.38. The predicted molar refractivity (Wildman–Crippen MR) is 80.1 cm³/mol. The number of nitrogens with one attached hydrogen (secondary N) is 1. The number of benzene rings is 1. The van der Waals surface area contributed by atoms with E-state index < -0.39 is 29.7 Å². The Morgan fingerprint density at radius 1 is 1.28 bits per heavy atom. The van der Waals surface area contributed by atoms with Gasteiger partial charge in [-0.05, 0) is 24.1 Å². The number of nitrogens with zero attached hydrogens (tertiary/aromatic N) is 3. The van der Waals surface area contributed by atoms with E-state index in [0.717, 1.165) is 23.0 Å². The molecule has 1 aromatic carbocycles. The Labute approximate surface area is 140 Å². The maximum absolute atomic E-state index is 12.7. The molecule has 2 aromatic rings. The molecule has 10 heteroatoms. The maximum Gasteiger partial charge on any atom is 0.416 e. The zero-order valence-corrected chi connectivity index (χ0v) is 13.3. The Morgan fingerprint density at radius 3 is 2.52 bits per heavy atom. The van der Waals surface area contributed by atoms with Crippen LogP contribution in [0.3, 0.4) is 0 Å². The average Bonchev–Trinajstić information content (AvgIpc) is 3.01. The zero-order chi connectivity index (χ0) is 18.8. The number of aliphatic carboxylic acids is 1. The summed E-state index contributed by atoms with van der Waals surface area (Å²) in [5.74, 6) is -2.34. The van der Waals surface area contributed by atoms with Crippen molar-refractivity contribution in [2.24, 2.45) is 5.92 Å². The van der Waals surface area contributed by atoms with Crippen molar-refractivity contribution < 1.29 is 27.9 Å². The fourth-order valence-electron chi connectivity index (χ4n) is 2.05. The first kappa shape index (κ1) is 18.4. The van der Waals surface area contributed by atoms with Crippen molar-refractivity contribution in [3.63, 3.8) is 0 Å². The molecule has 1 aromatic heterocycles. The molecule has 0 saturated carbocycles. The van der Waals surface area contributed by atoms with Crippen LogP contribution in [-0.4, -0.2) is 38.0 Å². The number of alkyl halides is 3. The Bertz CT molecular complexity index is 786. The van der Waals surface area contributed by atoms with Gasteiger partial charge in [0.15, 0.2) is 5.69 Å². The molecule has 25 heavy (non-hydrogen) atoms. The fraction of sp³-hybridized carbons (Fsp3) is 0.333. The Hall–Kier alpha value is -2.91. The summed E-state index contributed by atoms with van der Waals surface area (Å²) in [4.78, 5) is 23.2. The molecule has 0 aliphatic carbocycles. The van der Waals surface area contributed by atoms with E-state index in [-0.39, 0.29) is 17.3 Å². The molecule has 0 radical (unpaired) electrons. The number of carbonyl (C=O) groups is 2. The number of amides is 1. The number of aromatic nitrogens is 3. The molecule has 134 valence electrons. The largest absolute Gasteiger partial charge is 0.480 e. The molecule has 0 unspecified atom stereocenters. The molecular formula is C15H15F3N4O3. The number of hydrogen-bond acceptors (Lipinski definition) is 4. The molecule has 0 fully saturated rings. The van der Waals surface area contributed by atoms with Gasteiger partial charge in [-0.1, -0.05) is 25.1 Å². The average molecular weight is 356 g/mol. The molecular weight excluding hydrogens is 341 g/mol. The van der Waals surface area contributed by atoms with Gasteiger partial charge in [0, 0.05) is 0 Å². The summed E-state index contributed by atoms with van der Waals surface area (Å²) >= 11 is 0. The van der Waals surface area contributed by atoms with Crippen molar-refractivity contribution in [2.75, 3.05) is 0 Å². The van der Waals surface area contributed by atoms with E-state index in [1.807, 2.05) is 0 Å². The number of carbonyl (C=O) groups excluding carboxylic acids is 1. The van der Waals surface area contributed by atoms with Crippen molar-refractivity contribution in [1.29, 1.82) is 0 Å². The summed E-state index contributed by atoms with van der Waals surface area (Å²) < 4.78 is 39.2. The predicted octanol–water partition coefficient (Wildman–Crippen LogP) is 2.13. The maximum atomic E-state index is 12.7. The molecule has 0 aliphatic heterocycles. The highest BCUT2D eigenvalue weighted by Gasteiger charge is 2.31.